The predicted molar refractivity (Wildman–Crippen MR) is 258 cm³/mol. The second kappa shape index (κ2) is 14.0. The summed E-state index contributed by atoms with van der Waals surface area (Å²) >= 11 is 0. The Bertz CT molecular complexity index is 3850. The minimum atomic E-state index is 0.551. The molecule has 0 aliphatic rings. The van der Waals surface area contributed by atoms with Crippen molar-refractivity contribution in [3.8, 4) is 56.7 Å². The Morgan fingerprint density at radius 1 is 0.317 bits per heavy atom. The van der Waals surface area contributed by atoms with Crippen LogP contribution in [0, 0.1) is 0 Å². The lowest BCUT2D eigenvalue weighted by Gasteiger charge is -2.11. The molecule has 4 heterocycles. The van der Waals surface area contributed by atoms with Gasteiger partial charge in [0.05, 0.1) is 27.5 Å². The average Bonchev–Trinajstić information content (AvgIpc) is 4.02. The van der Waals surface area contributed by atoms with Gasteiger partial charge in [0.25, 0.3) is 0 Å². The Morgan fingerprint density at radius 3 is 1.54 bits per heavy atom. The summed E-state index contributed by atoms with van der Waals surface area (Å²) in [4.78, 5) is 15.6. The first-order chi connectivity index (χ1) is 31.2. The van der Waals surface area contributed by atoms with Gasteiger partial charge in [-0.3, -0.25) is 4.57 Å². The van der Waals surface area contributed by atoms with Crippen molar-refractivity contribution >= 4 is 65.6 Å². The van der Waals surface area contributed by atoms with E-state index in [1.165, 1.54) is 11.1 Å². The maximum atomic E-state index is 6.98. The second-order valence-corrected chi connectivity index (χ2v) is 16.0. The number of hydrogen-bond acceptors (Lipinski definition) is 4. The molecular weight excluding hydrogens is 771 g/mol. The zero-order valence-corrected chi connectivity index (χ0v) is 33.9. The van der Waals surface area contributed by atoms with Crippen molar-refractivity contribution in [2.75, 3.05) is 0 Å². The highest BCUT2D eigenvalue weighted by Gasteiger charge is 2.21. The van der Waals surface area contributed by atoms with E-state index in [0.717, 1.165) is 93.5 Å². The molecule has 0 spiro atoms. The number of aromatic nitrogens is 5. The third kappa shape index (κ3) is 5.62. The zero-order valence-electron chi connectivity index (χ0n) is 33.9. The van der Waals surface area contributed by atoms with Crippen LogP contribution in [0.3, 0.4) is 0 Å². The van der Waals surface area contributed by atoms with Crippen LogP contribution in [0.25, 0.3) is 122 Å². The Hall–Kier alpha value is -8.61. The molecule has 0 fully saturated rings. The van der Waals surface area contributed by atoms with E-state index in [-0.39, 0.29) is 0 Å². The maximum absolute atomic E-state index is 6.98. The summed E-state index contributed by atoms with van der Waals surface area (Å²) in [6, 6.07) is 74.4. The molecule has 0 unspecified atom stereocenters. The third-order valence-electron chi connectivity index (χ3n) is 12.4. The lowest BCUT2D eigenvalue weighted by molar-refractivity contribution is 0.673. The fourth-order valence-electron chi connectivity index (χ4n) is 9.46. The molecule has 0 saturated carbocycles. The fraction of sp³-hybridized carbons (Fsp3) is 0. The molecular formula is C57H35N5O. The molecule has 0 atom stereocenters. The van der Waals surface area contributed by atoms with Crippen molar-refractivity contribution in [1.82, 2.24) is 24.1 Å². The van der Waals surface area contributed by atoms with Crippen LogP contribution in [0.2, 0.25) is 0 Å². The van der Waals surface area contributed by atoms with E-state index in [0.29, 0.717) is 17.6 Å². The van der Waals surface area contributed by atoms with Gasteiger partial charge in [-0.2, -0.15) is 9.97 Å². The van der Waals surface area contributed by atoms with Gasteiger partial charge in [0.15, 0.2) is 11.6 Å². The Morgan fingerprint density at radius 2 is 0.841 bits per heavy atom. The minimum absolute atomic E-state index is 0.551. The van der Waals surface area contributed by atoms with E-state index in [2.05, 4.69) is 215 Å². The number of nitrogens with zero attached hydrogens (tertiary/aromatic N) is 5. The molecule has 6 nitrogen and oxygen atoms in total. The highest BCUT2D eigenvalue weighted by Crippen LogP contribution is 2.42. The SMILES string of the molecule is c1ccc(-c2ccc(-c3nc(-c4ccc5c(c4)oc4c5ccc5c4c4ccccc4n5-c4cccc(-c5ccccc5)c4)nc(-n4c5ccccc5c5ccccc54)n3)cc2)cc1. The van der Waals surface area contributed by atoms with Crippen LogP contribution in [-0.2, 0) is 0 Å². The second-order valence-electron chi connectivity index (χ2n) is 16.0. The first-order valence-electron chi connectivity index (χ1n) is 21.2. The molecule has 0 bridgehead atoms. The third-order valence-corrected chi connectivity index (χ3v) is 12.4. The lowest BCUT2D eigenvalue weighted by Crippen LogP contribution is -2.06. The van der Waals surface area contributed by atoms with Gasteiger partial charge >= 0.3 is 0 Å². The number of furan rings is 1. The topological polar surface area (TPSA) is 61.7 Å². The van der Waals surface area contributed by atoms with Gasteiger partial charge in [0.2, 0.25) is 5.95 Å². The number of benzene rings is 9. The number of fused-ring (bicyclic) bond motifs is 10. The highest BCUT2D eigenvalue weighted by atomic mass is 16.3. The molecule has 0 aliphatic carbocycles. The van der Waals surface area contributed by atoms with E-state index in [9.17, 15) is 0 Å². The summed E-state index contributed by atoms with van der Waals surface area (Å²) in [5.41, 5.74) is 13.4. The molecule has 0 amide bonds. The largest absolute Gasteiger partial charge is 0.455 e. The molecule has 4 aromatic heterocycles. The number of hydrogen-bond donors (Lipinski definition) is 0. The fourth-order valence-corrected chi connectivity index (χ4v) is 9.46. The molecule has 63 heavy (non-hydrogen) atoms. The normalized spacial score (nSPS) is 11.8. The number of rotatable bonds is 6. The molecule has 13 rings (SSSR count). The van der Waals surface area contributed by atoms with Crippen molar-refractivity contribution in [2.24, 2.45) is 0 Å². The van der Waals surface area contributed by atoms with Crippen molar-refractivity contribution in [3.05, 3.63) is 212 Å². The minimum Gasteiger partial charge on any atom is -0.455 e. The van der Waals surface area contributed by atoms with Crippen molar-refractivity contribution in [1.29, 1.82) is 0 Å². The smallest absolute Gasteiger partial charge is 0.238 e. The van der Waals surface area contributed by atoms with E-state index in [1.54, 1.807) is 0 Å². The first-order valence-corrected chi connectivity index (χ1v) is 21.2. The quantitative estimate of drug-likeness (QED) is 0.168. The van der Waals surface area contributed by atoms with Crippen LogP contribution in [-0.4, -0.2) is 24.1 Å². The van der Waals surface area contributed by atoms with Gasteiger partial charge < -0.3 is 8.98 Å². The van der Waals surface area contributed by atoms with Crippen LogP contribution in [0.4, 0.5) is 0 Å². The first kappa shape index (κ1) is 35.2. The molecule has 9 aromatic carbocycles. The van der Waals surface area contributed by atoms with E-state index >= 15 is 0 Å². The maximum Gasteiger partial charge on any atom is 0.238 e. The monoisotopic (exact) mass is 805 g/mol. The van der Waals surface area contributed by atoms with Gasteiger partial charge in [-0.1, -0.05) is 158 Å². The van der Waals surface area contributed by atoms with E-state index in [4.69, 9.17) is 19.4 Å². The van der Waals surface area contributed by atoms with E-state index < -0.39 is 0 Å². The zero-order chi connectivity index (χ0) is 41.4. The Labute approximate surface area is 361 Å². The highest BCUT2D eigenvalue weighted by molar-refractivity contribution is 6.24. The van der Waals surface area contributed by atoms with Gasteiger partial charge in [0.1, 0.15) is 11.2 Å². The summed E-state index contributed by atoms with van der Waals surface area (Å²) in [7, 11) is 0. The molecule has 0 saturated heterocycles. The summed E-state index contributed by atoms with van der Waals surface area (Å²) in [6.07, 6.45) is 0. The summed E-state index contributed by atoms with van der Waals surface area (Å²) < 4.78 is 11.5. The van der Waals surface area contributed by atoms with Crippen LogP contribution < -0.4 is 0 Å². The standard InChI is InChI=1S/C57H35N5O/c1-3-14-36(15-4-1)38-26-28-39(29-27-38)55-58-56(60-57(59-55)62-48-23-10-7-20-43(48)44-21-8-11-24-49(44)62)41-30-31-45-46-32-33-51-53(54(46)63-52(45)35-41)47-22-9-12-25-50(47)61(51)42-19-13-18-40(34-42)37-16-5-2-6-17-37/h1-35H. The van der Waals surface area contributed by atoms with Crippen molar-refractivity contribution in [3.63, 3.8) is 0 Å². The molecule has 13 aromatic rings. The van der Waals surface area contributed by atoms with Crippen LogP contribution >= 0.6 is 0 Å². The predicted octanol–water partition coefficient (Wildman–Crippen LogP) is 14.6. The van der Waals surface area contributed by atoms with Gasteiger partial charge in [0, 0.05) is 43.7 Å². The Balaban J connectivity index is 0.995. The summed E-state index contributed by atoms with van der Waals surface area (Å²) in [6.45, 7) is 0. The van der Waals surface area contributed by atoms with Crippen LogP contribution in [0.5, 0.6) is 0 Å². The van der Waals surface area contributed by atoms with Gasteiger partial charge in [-0.15, -0.1) is 0 Å². The number of para-hydroxylation sites is 3. The van der Waals surface area contributed by atoms with Crippen molar-refractivity contribution in [2.45, 2.75) is 0 Å². The molecule has 0 radical (unpaired) electrons. The molecule has 294 valence electrons. The summed E-state index contributed by atoms with van der Waals surface area (Å²) in [5.74, 6) is 1.70. The molecule has 6 heteroatoms. The van der Waals surface area contributed by atoms with Crippen LogP contribution in [0.1, 0.15) is 0 Å². The average molecular weight is 806 g/mol. The molecule has 0 N–H and O–H groups in total. The summed E-state index contributed by atoms with van der Waals surface area (Å²) in [5, 5.41) is 6.60. The van der Waals surface area contributed by atoms with Crippen molar-refractivity contribution < 1.29 is 4.42 Å². The van der Waals surface area contributed by atoms with Crippen LogP contribution in [0.15, 0.2) is 217 Å². The Kier molecular flexibility index (Phi) is 7.80. The van der Waals surface area contributed by atoms with Gasteiger partial charge in [-0.25, -0.2) is 4.98 Å². The van der Waals surface area contributed by atoms with E-state index in [1.807, 2.05) is 6.07 Å². The lowest BCUT2D eigenvalue weighted by atomic mass is 10.0. The van der Waals surface area contributed by atoms with Gasteiger partial charge in [-0.05, 0) is 76.9 Å². The molecule has 0 aliphatic heterocycles.